The average Bonchev–Trinajstić information content (AvgIpc) is 3.12. The third kappa shape index (κ3) is 2.88. The highest BCUT2D eigenvalue weighted by Crippen LogP contribution is 2.54. The number of aromatic amines is 1. The summed E-state index contributed by atoms with van der Waals surface area (Å²) in [5.74, 6) is 0. The molecule has 0 bridgehead atoms. The number of ether oxygens (including phenoxy) is 1. The van der Waals surface area contributed by atoms with Gasteiger partial charge in [0.2, 0.25) is 0 Å². The van der Waals surface area contributed by atoms with Gasteiger partial charge in [-0.05, 0) is 58.1 Å². The molecule has 4 heteroatoms. The van der Waals surface area contributed by atoms with E-state index in [0.717, 1.165) is 19.6 Å². The molecule has 0 saturated heterocycles. The largest absolute Gasteiger partial charge is 0.378 e. The van der Waals surface area contributed by atoms with Crippen LogP contribution in [0.4, 0.5) is 0 Å². The van der Waals surface area contributed by atoms with Crippen LogP contribution in [0.2, 0.25) is 0 Å². The van der Waals surface area contributed by atoms with E-state index >= 15 is 0 Å². The topological polar surface area (TPSA) is 49.9 Å². The first-order chi connectivity index (χ1) is 10.3. The normalized spacial score (nSPS) is 27.1. The van der Waals surface area contributed by atoms with Gasteiger partial charge in [-0.15, -0.1) is 0 Å². The van der Waals surface area contributed by atoms with Gasteiger partial charge in [0.05, 0.1) is 12.3 Å². The van der Waals surface area contributed by atoms with E-state index in [-0.39, 0.29) is 0 Å². The van der Waals surface area contributed by atoms with Crippen molar-refractivity contribution in [3.05, 3.63) is 17.5 Å². The zero-order valence-electron chi connectivity index (χ0n) is 13.5. The molecule has 2 atom stereocenters. The highest BCUT2D eigenvalue weighted by Gasteiger charge is 2.56. The van der Waals surface area contributed by atoms with Gasteiger partial charge in [0.1, 0.15) is 0 Å². The lowest BCUT2D eigenvalue weighted by atomic mass is 9.60. The van der Waals surface area contributed by atoms with Crippen LogP contribution in [-0.4, -0.2) is 35.5 Å². The Labute approximate surface area is 128 Å². The van der Waals surface area contributed by atoms with E-state index in [1.165, 1.54) is 49.8 Å². The van der Waals surface area contributed by atoms with Crippen LogP contribution >= 0.6 is 0 Å². The molecule has 1 aromatic heterocycles. The molecule has 2 aliphatic rings. The van der Waals surface area contributed by atoms with E-state index < -0.39 is 0 Å². The number of aryl methyl sites for hydroxylation is 2. The molecule has 1 spiro atoms. The molecule has 0 aliphatic heterocycles. The number of rotatable bonds is 7. The highest BCUT2D eigenvalue weighted by atomic mass is 16.5. The van der Waals surface area contributed by atoms with E-state index in [1.807, 2.05) is 6.20 Å². The molecule has 3 rings (SSSR count). The van der Waals surface area contributed by atoms with Crippen molar-refractivity contribution in [3.8, 4) is 0 Å². The zero-order chi connectivity index (χ0) is 14.7. The first kappa shape index (κ1) is 15.0. The molecular weight excluding hydrogens is 262 g/mol. The monoisotopic (exact) mass is 291 g/mol. The van der Waals surface area contributed by atoms with Crippen molar-refractivity contribution in [2.24, 2.45) is 5.41 Å². The molecule has 0 aromatic carbocycles. The maximum absolute atomic E-state index is 5.97. The molecule has 21 heavy (non-hydrogen) atoms. The minimum absolute atomic E-state index is 0.460. The molecule has 2 fully saturated rings. The lowest BCUT2D eigenvalue weighted by Crippen LogP contribution is -2.62. The maximum Gasteiger partial charge on any atom is 0.0661 e. The molecule has 1 aromatic rings. The Morgan fingerprint density at radius 1 is 1.43 bits per heavy atom. The zero-order valence-corrected chi connectivity index (χ0v) is 13.5. The fraction of sp³-hybridized carbons (Fsp3) is 0.824. The van der Waals surface area contributed by atoms with E-state index in [2.05, 4.69) is 29.4 Å². The first-order valence-electron chi connectivity index (χ1n) is 8.60. The number of aromatic nitrogens is 2. The smallest absolute Gasteiger partial charge is 0.0661 e. The average molecular weight is 291 g/mol. The van der Waals surface area contributed by atoms with E-state index in [4.69, 9.17) is 4.74 Å². The van der Waals surface area contributed by atoms with Crippen LogP contribution in [0.3, 0.4) is 0 Å². The van der Waals surface area contributed by atoms with Crippen LogP contribution in [0.1, 0.15) is 56.7 Å². The van der Waals surface area contributed by atoms with Crippen LogP contribution in [0.25, 0.3) is 0 Å². The number of nitrogens with zero attached hydrogens (tertiary/aromatic N) is 1. The fourth-order valence-electron chi connectivity index (χ4n) is 4.36. The molecule has 2 aliphatic carbocycles. The number of hydrogen-bond acceptors (Lipinski definition) is 3. The molecule has 0 amide bonds. The minimum Gasteiger partial charge on any atom is -0.378 e. The lowest BCUT2D eigenvalue weighted by Gasteiger charge is -2.54. The Balaban J connectivity index is 1.44. The number of H-pyrrole nitrogens is 1. The molecule has 118 valence electrons. The van der Waals surface area contributed by atoms with Gasteiger partial charge in [0, 0.05) is 23.8 Å². The van der Waals surface area contributed by atoms with Gasteiger partial charge in [-0.1, -0.05) is 12.8 Å². The SMILES string of the molecule is CCOC1CC(NCCCc2cn[nH]c2C)C12CCCC2. The Hall–Kier alpha value is -0.870. The van der Waals surface area contributed by atoms with Crippen molar-refractivity contribution in [1.29, 1.82) is 0 Å². The predicted octanol–water partition coefficient (Wildman–Crippen LogP) is 2.98. The molecule has 1 heterocycles. The van der Waals surface area contributed by atoms with Crippen LogP contribution in [0.5, 0.6) is 0 Å². The van der Waals surface area contributed by atoms with Crippen molar-refractivity contribution in [2.75, 3.05) is 13.2 Å². The molecule has 0 radical (unpaired) electrons. The Morgan fingerprint density at radius 2 is 2.24 bits per heavy atom. The summed E-state index contributed by atoms with van der Waals surface area (Å²) in [5.41, 5.74) is 3.03. The highest BCUT2D eigenvalue weighted by molar-refractivity contribution is 5.14. The van der Waals surface area contributed by atoms with Crippen LogP contribution in [0.15, 0.2) is 6.20 Å². The van der Waals surface area contributed by atoms with Crippen molar-refractivity contribution in [3.63, 3.8) is 0 Å². The summed E-state index contributed by atoms with van der Waals surface area (Å²) < 4.78 is 5.97. The molecule has 2 unspecified atom stereocenters. The standard InChI is InChI=1S/C17H29N3O/c1-3-21-16-11-15(17(16)8-4-5-9-17)18-10-6-7-14-12-19-20-13(14)2/h12,15-16,18H,3-11H2,1-2H3,(H,19,20). The second-order valence-electron chi connectivity index (χ2n) is 6.75. The summed E-state index contributed by atoms with van der Waals surface area (Å²) in [6.45, 7) is 6.19. The van der Waals surface area contributed by atoms with Crippen molar-refractivity contribution < 1.29 is 4.74 Å². The molecular formula is C17H29N3O. The number of hydrogen-bond donors (Lipinski definition) is 2. The van der Waals surface area contributed by atoms with Crippen LogP contribution in [-0.2, 0) is 11.2 Å². The summed E-state index contributed by atoms with van der Waals surface area (Å²) in [7, 11) is 0. The van der Waals surface area contributed by atoms with Crippen molar-refractivity contribution in [2.45, 2.75) is 70.9 Å². The van der Waals surface area contributed by atoms with Crippen LogP contribution in [0, 0.1) is 12.3 Å². The second-order valence-corrected chi connectivity index (χ2v) is 6.75. The van der Waals surface area contributed by atoms with Crippen molar-refractivity contribution in [1.82, 2.24) is 15.5 Å². The van der Waals surface area contributed by atoms with Gasteiger partial charge in [-0.3, -0.25) is 5.10 Å². The Bertz CT molecular complexity index is 451. The van der Waals surface area contributed by atoms with Gasteiger partial charge in [-0.2, -0.15) is 5.10 Å². The van der Waals surface area contributed by atoms with Gasteiger partial charge >= 0.3 is 0 Å². The first-order valence-corrected chi connectivity index (χ1v) is 8.60. The van der Waals surface area contributed by atoms with Gasteiger partial charge in [0.15, 0.2) is 0 Å². The molecule has 4 nitrogen and oxygen atoms in total. The fourth-order valence-corrected chi connectivity index (χ4v) is 4.36. The van der Waals surface area contributed by atoms with Crippen molar-refractivity contribution >= 4 is 0 Å². The number of nitrogens with one attached hydrogen (secondary N) is 2. The lowest BCUT2D eigenvalue weighted by molar-refractivity contribution is -0.130. The third-order valence-corrected chi connectivity index (χ3v) is 5.64. The van der Waals surface area contributed by atoms with Gasteiger partial charge in [-0.25, -0.2) is 0 Å². The maximum atomic E-state index is 5.97. The Morgan fingerprint density at radius 3 is 2.90 bits per heavy atom. The summed E-state index contributed by atoms with van der Waals surface area (Å²) >= 11 is 0. The summed E-state index contributed by atoms with van der Waals surface area (Å²) in [6.07, 6.45) is 11.5. The minimum atomic E-state index is 0.460. The summed E-state index contributed by atoms with van der Waals surface area (Å²) in [6, 6.07) is 0.682. The predicted molar refractivity (Wildman–Crippen MR) is 84.4 cm³/mol. The third-order valence-electron chi connectivity index (χ3n) is 5.64. The van der Waals surface area contributed by atoms with Gasteiger partial charge < -0.3 is 10.1 Å². The molecule has 2 saturated carbocycles. The molecule has 2 N–H and O–H groups in total. The van der Waals surface area contributed by atoms with E-state index in [1.54, 1.807) is 0 Å². The van der Waals surface area contributed by atoms with Gasteiger partial charge in [0.25, 0.3) is 0 Å². The quantitative estimate of drug-likeness (QED) is 0.759. The van der Waals surface area contributed by atoms with E-state index in [0.29, 0.717) is 17.6 Å². The second kappa shape index (κ2) is 6.49. The summed E-state index contributed by atoms with van der Waals surface area (Å²) in [5, 5.41) is 10.9. The summed E-state index contributed by atoms with van der Waals surface area (Å²) in [4.78, 5) is 0. The van der Waals surface area contributed by atoms with E-state index in [9.17, 15) is 0 Å². The Kier molecular flexibility index (Phi) is 4.65. The van der Waals surface area contributed by atoms with Crippen LogP contribution < -0.4 is 5.32 Å².